The van der Waals surface area contributed by atoms with Crippen molar-refractivity contribution in [2.24, 2.45) is 0 Å². The number of aromatic nitrogens is 1. The summed E-state index contributed by atoms with van der Waals surface area (Å²) in [5, 5.41) is 3.09. The van der Waals surface area contributed by atoms with Crippen LogP contribution in [-0.4, -0.2) is 19.7 Å². The van der Waals surface area contributed by atoms with Crippen molar-refractivity contribution < 1.29 is 8.42 Å². The third kappa shape index (κ3) is 3.77. The highest BCUT2D eigenvalue weighted by atomic mass is 32.2. The second-order valence-electron chi connectivity index (χ2n) is 6.59. The number of sulfonamides is 1. The molecule has 140 valence electrons. The molecule has 4 aromatic rings. The Bertz CT molecular complexity index is 1330. The molecule has 6 heteroatoms. The maximum atomic E-state index is 11.8. The largest absolute Gasteiger partial charge is 0.284 e. The van der Waals surface area contributed by atoms with Crippen LogP contribution in [0.3, 0.4) is 0 Å². The van der Waals surface area contributed by atoms with Crippen LogP contribution < -0.4 is 4.72 Å². The normalized spacial score (nSPS) is 12.1. The van der Waals surface area contributed by atoms with Crippen LogP contribution in [0.5, 0.6) is 0 Å². The smallest absolute Gasteiger partial charge is 0.229 e. The molecule has 1 N–H and O–H groups in total. The minimum atomic E-state index is -3.39. The summed E-state index contributed by atoms with van der Waals surface area (Å²) in [5.74, 6) is 1.87. The van der Waals surface area contributed by atoms with Gasteiger partial charge in [-0.25, -0.2) is 13.4 Å². The summed E-state index contributed by atoms with van der Waals surface area (Å²) in [7, 11) is -0.838. The Balaban J connectivity index is 2.07. The second-order valence-corrected chi connectivity index (χ2v) is 8.73. The average Bonchev–Trinajstić information content (AvgIpc) is 2.66. The van der Waals surface area contributed by atoms with Crippen molar-refractivity contribution in [3.8, 4) is 11.1 Å². The van der Waals surface area contributed by atoms with Gasteiger partial charge in [0.25, 0.3) is 0 Å². The number of nitrogens with one attached hydrogen (secondary N) is 1. The van der Waals surface area contributed by atoms with E-state index < -0.39 is 10.0 Å². The first-order valence-corrected chi connectivity index (χ1v) is 11.3. The van der Waals surface area contributed by atoms with Gasteiger partial charge in [-0.2, -0.15) is 0 Å². The Morgan fingerprint density at radius 2 is 1.71 bits per heavy atom. The molecule has 0 aliphatic rings. The standard InChI is InChI=1S/C22H19N2O2PS/c1-28(25,26)24-18-13-16-9-10-17(11-12-27)23-22(16)21(14-18)20-8-4-6-15-5-2-3-7-19(15)20/h2-14,24H,27H2,1H3/b12-11+. The lowest BCUT2D eigenvalue weighted by atomic mass is 9.95. The molecule has 3 aromatic carbocycles. The van der Waals surface area contributed by atoms with Gasteiger partial charge >= 0.3 is 0 Å². The first-order valence-electron chi connectivity index (χ1n) is 8.74. The quantitative estimate of drug-likeness (QED) is 0.470. The lowest BCUT2D eigenvalue weighted by Crippen LogP contribution is -2.09. The lowest BCUT2D eigenvalue weighted by Gasteiger charge is -2.13. The summed E-state index contributed by atoms with van der Waals surface area (Å²) in [5.41, 5.74) is 4.09. The zero-order valence-corrected chi connectivity index (χ0v) is 17.2. The lowest BCUT2D eigenvalue weighted by molar-refractivity contribution is 0.607. The number of benzene rings is 3. The fourth-order valence-corrected chi connectivity index (χ4v) is 4.12. The van der Waals surface area contributed by atoms with Crippen molar-refractivity contribution in [2.45, 2.75) is 0 Å². The molecule has 0 amide bonds. The molecule has 0 radical (unpaired) electrons. The molecule has 4 nitrogen and oxygen atoms in total. The molecule has 0 aliphatic heterocycles. The summed E-state index contributed by atoms with van der Waals surface area (Å²) in [4.78, 5) is 4.81. The maximum Gasteiger partial charge on any atom is 0.229 e. The molecule has 0 bridgehead atoms. The van der Waals surface area contributed by atoms with Gasteiger partial charge in [-0.3, -0.25) is 4.72 Å². The van der Waals surface area contributed by atoms with Crippen LogP contribution in [-0.2, 0) is 10.0 Å². The summed E-state index contributed by atoms with van der Waals surface area (Å²) >= 11 is 0. The van der Waals surface area contributed by atoms with Gasteiger partial charge in [0.15, 0.2) is 0 Å². The second kappa shape index (κ2) is 7.34. The van der Waals surface area contributed by atoms with Gasteiger partial charge in [0.1, 0.15) is 0 Å². The zero-order valence-electron chi connectivity index (χ0n) is 15.3. The van der Waals surface area contributed by atoms with Gasteiger partial charge in [0, 0.05) is 16.6 Å². The summed E-state index contributed by atoms with van der Waals surface area (Å²) in [6, 6.07) is 21.8. The fourth-order valence-electron chi connectivity index (χ4n) is 3.38. The highest BCUT2D eigenvalue weighted by molar-refractivity contribution is 7.92. The first kappa shape index (κ1) is 18.6. The van der Waals surface area contributed by atoms with Gasteiger partial charge in [-0.1, -0.05) is 54.3 Å². The molecule has 1 atom stereocenters. The predicted octanol–water partition coefficient (Wildman–Crippen LogP) is 5.27. The van der Waals surface area contributed by atoms with Crippen LogP contribution in [0.2, 0.25) is 0 Å². The van der Waals surface area contributed by atoms with Gasteiger partial charge in [-0.15, -0.1) is 9.24 Å². The minimum Gasteiger partial charge on any atom is -0.284 e. The molecule has 1 unspecified atom stereocenters. The molecule has 4 rings (SSSR count). The number of anilines is 1. The van der Waals surface area contributed by atoms with E-state index in [0.29, 0.717) is 5.69 Å². The SMILES string of the molecule is CS(=O)(=O)Nc1cc(-c2cccc3ccccc23)c2nc(/C=C/P)ccc2c1. The van der Waals surface area contributed by atoms with E-state index >= 15 is 0 Å². The Hall–Kier alpha value is -2.75. The van der Waals surface area contributed by atoms with E-state index in [2.05, 4.69) is 32.2 Å². The van der Waals surface area contributed by atoms with Crippen molar-refractivity contribution in [3.05, 3.63) is 78.2 Å². The van der Waals surface area contributed by atoms with Crippen molar-refractivity contribution in [1.29, 1.82) is 0 Å². The van der Waals surface area contributed by atoms with Crippen LogP contribution >= 0.6 is 9.24 Å². The third-order valence-electron chi connectivity index (χ3n) is 4.46. The van der Waals surface area contributed by atoms with Gasteiger partial charge in [0.2, 0.25) is 10.0 Å². The molecule has 0 aliphatic carbocycles. The topological polar surface area (TPSA) is 59.1 Å². The molecule has 1 aromatic heterocycles. The summed E-state index contributed by atoms with van der Waals surface area (Å²) < 4.78 is 26.2. The number of hydrogen-bond acceptors (Lipinski definition) is 3. The van der Waals surface area contributed by atoms with Crippen LogP contribution in [0.25, 0.3) is 38.9 Å². The van der Waals surface area contributed by atoms with E-state index in [4.69, 9.17) is 4.98 Å². The average molecular weight is 406 g/mol. The number of pyridine rings is 1. The maximum absolute atomic E-state index is 11.8. The fraction of sp³-hybridized carbons (Fsp3) is 0.0455. The number of fused-ring (bicyclic) bond motifs is 2. The highest BCUT2D eigenvalue weighted by Crippen LogP contribution is 2.35. The monoisotopic (exact) mass is 406 g/mol. The first-order chi connectivity index (χ1) is 13.4. The molecule has 0 fully saturated rings. The molecule has 0 saturated carbocycles. The van der Waals surface area contributed by atoms with Gasteiger partial charge in [-0.05, 0) is 40.6 Å². The third-order valence-corrected chi connectivity index (χ3v) is 5.26. The Labute approximate surface area is 166 Å². The number of nitrogens with zero attached hydrogens (tertiary/aromatic N) is 1. The molecule has 0 spiro atoms. The number of rotatable bonds is 4. The van der Waals surface area contributed by atoms with E-state index in [0.717, 1.165) is 44.8 Å². The molecule has 0 saturated heterocycles. The van der Waals surface area contributed by atoms with Gasteiger partial charge in [0.05, 0.1) is 17.5 Å². The van der Waals surface area contributed by atoms with Crippen LogP contribution in [0.1, 0.15) is 5.69 Å². The van der Waals surface area contributed by atoms with E-state index in [1.807, 2.05) is 60.4 Å². The van der Waals surface area contributed by atoms with Crippen molar-refractivity contribution in [1.82, 2.24) is 4.98 Å². The minimum absolute atomic E-state index is 0.522. The van der Waals surface area contributed by atoms with Crippen molar-refractivity contribution in [2.75, 3.05) is 11.0 Å². The molecular weight excluding hydrogens is 387 g/mol. The molecule has 1 heterocycles. The Morgan fingerprint density at radius 1 is 0.929 bits per heavy atom. The highest BCUT2D eigenvalue weighted by Gasteiger charge is 2.13. The molecule has 28 heavy (non-hydrogen) atoms. The van der Waals surface area contributed by atoms with Crippen LogP contribution in [0.15, 0.2) is 72.5 Å². The van der Waals surface area contributed by atoms with E-state index in [1.165, 1.54) is 0 Å². The van der Waals surface area contributed by atoms with Gasteiger partial charge < -0.3 is 0 Å². The van der Waals surface area contributed by atoms with Crippen molar-refractivity contribution in [3.63, 3.8) is 0 Å². The van der Waals surface area contributed by atoms with Crippen LogP contribution in [0.4, 0.5) is 5.69 Å². The summed E-state index contributed by atoms with van der Waals surface area (Å²) in [6.07, 6.45) is 3.07. The van der Waals surface area contributed by atoms with Crippen LogP contribution in [0, 0.1) is 0 Å². The Morgan fingerprint density at radius 3 is 2.50 bits per heavy atom. The Kier molecular flexibility index (Phi) is 4.88. The van der Waals surface area contributed by atoms with E-state index in [1.54, 1.807) is 0 Å². The van der Waals surface area contributed by atoms with Crippen molar-refractivity contribution >= 4 is 52.7 Å². The molecular formula is C22H19N2O2PS. The zero-order chi connectivity index (χ0) is 19.7. The summed E-state index contributed by atoms with van der Waals surface area (Å²) in [6.45, 7) is 0. The van der Waals surface area contributed by atoms with E-state index in [9.17, 15) is 8.42 Å². The predicted molar refractivity (Wildman–Crippen MR) is 122 cm³/mol. The number of hydrogen-bond donors (Lipinski definition) is 1. The van der Waals surface area contributed by atoms with E-state index in [-0.39, 0.29) is 0 Å².